The molecule has 2 aromatic heterocycles. The van der Waals surface area contributed by atoms with Crippen LogP contribution in [-0.2, 0) is 5.75 Å². The molecule has 0 aliphatic carbocycles. The summed E-state index contributed by atoms with van der Waals surface area (Å²) in [5.74, 6) is 1.15. The molecule has 0 saturated carbocycles. The maximum absolute atomic E-state index is 9.69. The third-order valence-corrected chi connectivity index (χ3v) is 7.13. The van der Waals surface area contributed by atoms with Crippen LogP contribution in [-0.4, -0.2) is 10.2 Å². The maximum Gasteiger partial charge on any atom is 0.244 e. The number of thioether (sulfide) groups is 1. The zero-order valence-electron chi connectivity index (χ0n) is 15.2. The molecule has 0 radical (unpaired) electrons. The molecule has 0 bridgehead atoms. The lowest BCUT2D eigenvalue weighted by molar-refractivity contribution is 0.379. The molecule has 5 nitrogen and oxygen atoms in total. The fraction of sp³-hybridized carbons (Fsp3) is 0.200. The molecule has 0 spiro atoms. The summed E-state index contributed by atoms with van der Waals surface area (Å²) in [5.41, 5.74) is 9.43. The van der Waals surface area contributed by atoms with Gasteiger partial charge in [0, 0.05) is 31.1 Å². The SMILES string of the molecule is Cc1[nH]nc2c1[C@H](c1cc(CSc3ccc(Cl)cc3)c(C)s1)C(C#N)=C(N)O2. The predicted octanol–water partition coefficient (Wildman–Crippen LogP) is 5.25. The first kappa shape index (κ1) is 18.9. The summed E-state index contributed by atoms with van der Waals surface area (Å²) in [6.45, 7) is 4.03. The average molecular weight is 429 g/mol. The van der Waals surface area contributed by atoms with E-state index in [0.29, 0.717) is 11.5 Å². The first-order valence-electron chi connectivity index (χ1n) is 8.58. The molecule has 3 heterocycles. The topological polar surface area (TPSA) is 87.7 Å². The Kier molecular flexibility index (Phi) is 5.11. The number of hydrogen-bond donors (Lipinski definition) is 2. The van der Waals surface area contributed by atoms with Gasteiger partial charge in [0.05, 0.1) is 11.5 Å². The summed E-state index contributed by atoms with van der Waals surface area (Å²) in [5, 5.41) is 17.5. The van der Waals surface area contributed by atoms with E-state index in [4.69, 9.17) is 22.1 Å². The van der Waals surface area contributed by atoms with Crippen LogP contribution in [0, 0.1) is 25.2 Å². The third kappa shape index (κ3) is 3.39. The van der Waals surface area contributed by atoms with E-state index in [9.17, 15) is 5.26 Å². The lowest BCUT2D eigenvalue weighted by Gasteiger charge is -2.22. The number of allylic oxidation sites excluding steroid dienone is 1. The fourth-order valence-electron chi connectivity index (χ4n) is 3.21. The van der Waals surface area contributed by atoms with Gasteiger partial charge in [-0.3, -0.25) is 5.10 Å². The number of halogens is 1. The molecule has 0 unspecified atom stereocenters. The Bertz CT molecular complexity index is 1110. The molecule has 3 N–H and O–H groups in total. The number of aromatic nitrogens is 2. The van der Waals surface area contributed by atoms with Crippen LogP contribution >= 0.6 is 34.7 Å². The standard InChI is InChI=1S/C20H17ClN4OS2/c1-10-17-18(15(8-22)19(23)26-20(17)25-24-10)16-7-12(11(2)28-16)9-27-14-5-3-13(21)4-6-14/h3-7,18H,9,23H2,1-2H3,(H,24,25)/t18-/m0/s1. The predicted molar refractivity (Wildman–Crippen MR) is 113 cm³/mol. The largest absolute Gasteiger partial charge is 0.420 e. The van der Waals surface area contributed by atoms with Gasteiger partial charge in [-0.05, 0) is 49.7 Å². The fourth-order valence-corrected chi connectivity index (χ4v) is 5.54. The second kappa shape index (κ2) is 7.55. The molecule has 0 saturated heterocycles. The minimum absolute atomic E-state index is 0.120. The Hall–Kier alpha value is -2.40. The van der Waals surface area contributed by atoms with Crippen molar-refractivity contribution in [1.29, 1.82) is 5.26 Å². The van der Waals surface area contributed by atoms with Crippen LogP contribution < -0.4 is 10.5 Å². The first-order chi connectivity index (χ1) is 13.5. The van der Waals surface area contributed by atoms with E-state index in [0.717, 1.165) is 31.8 Å². The van der Waals surface area contributed by atoms with E-state index < -0.39 is 0 Å². The molecule has 1 atom stereocenters. The van der Waals surface area contributed by atoms with Gasteiger partial charge in [0.25, 0.3) is 0 Å². The second-order valence-electron chi connectivity index (χ2n) is 6.47. The number of nitrogens with zero attached hydrogens (tertiary/aromatic N) is 2. The third-order valence-electron chi connectivity index (χ3n) is 4.66. The lowest BCUT2D eigenvalue weighted by atomic mass is 9.88. The Morgan fingerprint density at radius 2 is 2.11 bits per heavy atom. The van der Waals surface area contributed by atoms with Gasteiger partial charge in [-0.2, -0.15) is 5.26 Å². The molecule has 3 aromatic rings. The normalized spacial score (nSPS) is 15.9. The Labute approximate surface area is 176 Å². The number of benzene rings is 1. The molecule has 4 rings (SSSR count). The Morgan fingerprint density at radius 3 is 2.82 bits per heavy atom. The van der Waals surface area contributed by atoms with Gasteiger partial charge >= 0.3 is 0 Å². The van der Waals surface area contributed by atoms with Crippen LogP contribution in [0.2, 0.25) is 5.02 Å². The van der Waals surface area contributed by atoms with Crippen molar-refractivity contribution in [2.24, 2.45) is 5.73 Å². The summed E-state index contributed by atoms with van der Waals surface area (Å²) >= 11 is 9.40. The van der Waals surface area contributed by atoms with Crippen molar-refractivity contribution in [1.82, 2.24) is 10.2 Å². The zero-order valence-corrected chi connectivity index (χ0v) is 17.6. The maximum atomic E-state index is 9.69. The average Bonchev–Trinajstić information content (AvgIpc) is 3.23. The van der Waals surface area contributed by atoms with Crippen molar-refractivity contribution < 1.29 is 4.74 Å². The number of aromatic amines is 1. The van der Waals surface area contributed by atoms with E-state index in [1.165, 1.54) is 10.4 Å². The number of H-pyrrole nitrogens is 1. The lowest BCUT2D eigenvalue weighted by Crippen LogP contribution is -2.20. The van der Waals surface area contributed by atoms with Gasteiger partial charge in [0.15, 0.2) is 0 Å². The van der Waals surface area contributed by atoms with Gasteiger partial charge in [0.2, 0.25) is 11.8 Å². The number of rotatable bonds is 4. The van der Waals surface area contributed by atoms with Crippen LogP contribution in [0.1, 0.15) is 32.5 Å². The first-order valence-corrected chi connectivity index (χ1v) is 10.8. The summed E-state index contributed by atoms with van der Waals surface area (Å²) in [4.78, 5) is 3.46. The van der Waals surface area contributed by atoms with Crippen molar-refractivity contribution in [3.05, 3.63) is 73.4 Å². The highest BCUT2D eigenvalue weighted by Crippen LogP contribution is 2.45. The van der Waals surface area contributed by atoms with E-state index in [-0.39, 0.29) is 11.8 Å². The number of nitriles is 1. The van der Waals surface area contributed by atoms with Crippen molar-refractivity contribution in [2.45, 2.75) is 30.4 Å². The minimum atomic E-state index is -0.259. The second-order valence-corrected chi connectivity index (χ2v) is 9.24. The van der Waals surface area contributed by atoms with Gasteiger partial charge in [-0.1, -0.05) is 11.6 Å². The number of nitrogens with two attached hydrogens (primary N) is 1. The molecule has 1 aromatic carbocycles. The van der Waals surface area contributed by atoms with E-state index >= 15 is 0 Å². The van der Waals surface area contributed by atoms with E-state index in [1.54, 1.807) is 23.1 Å². The summed E-state index contributed by atoms with van der Waals surface area (Å²) in [6, 6.07) is 12.2. The highest BCUT2D eigenvalue weighted by atomic mass is 35.5. The van der Waals surface area contributed by atoms with E-state index in [1.807, 2.05) is 31.2 Å². The molecule has 28 heavy (non-hydrogen) atoms. The Morgan fingerprint density at radius 1 is 1.36 bits per heavy atom. The number of aryl methyl sites for hydroxylation is 2. The van der Waals surface area contributed by atoms with Crippen molar-refractivity contribution in [3.8, 4) is 11.9 Å². The summed E-state index contributed by atoms with van der Waals surface area (Å²) in [7, 11) is 0. The number of ether oxygens (including phenoxy) is 1. The van der Waals surface area contributed by atoms with Crippen LogP contribution in [0.15, 0.2) is 46.7 Å². The van der Waals surface area contributed by atoms with Gasteiger partial charge < -0.3 is 10.5 Å². The summed E-state index contributed by atoms with van der Waals surface area (Å²) in [6.07, 6.45) is 0. The smallest absolute Gasteiger partial charge is 0.244 e. The number of hydrogen-bond acceptors (Lipinski definition) is 6. The molecule has 1 aliphatic heterocycles. The van der Waals surface area contributed by atoms with Gasteiger partial charge in [-0.15, -0.1) is 28.2 Å². The van der Waals surface area contributed by atoms with Gasteiger partial charge in [0.1, 0.15) is 11.6 Å². The van der Waals surface area contributed by atoms with Crippen LogP contribution in [0.4, 0.5) is 0 Å². The number of thiophene rings is 1. The molecular weight excluding hydrogens is 412 g/mol. The molecular formula is C20H17ClN4OS2. The minimum Gasteiger partial charge on any atom is -0.420 e. The Balaban J connectivity index is 1.66. The molecule has 8 heteroatoms. The van der Waals surface area contributed by atoms with Crippen molar-refractivity contribution in [3.63, 3.8) is 0 Å². The zero-order chi connectivity index (χ0) is 19.8. The highest BCUT2D eigenvalue weighted by Gasteiger charge is 2.35. The van der Waals surface area contributed by atoms with E-state index in [2.05, 4.69) is 29.3 Å². The van der Waals surface area contributed by atoms with Crippen molar-refractivity contribution >= 4 is 34.7 Å². The quantitative estimate of drug-likeness (QED) is 0.554. The molecule has 1 aliphatic rings. The number of nitrogens with one attached hydrogen (secondary N) is 1. The van der Waals surface area contributed by atoms with Crippen molar-refractivity contribution in [2.75, 3.05) is 0 Å². The molecule has 0 amide bonds. The van der Waals surface area contributed by atoms with Crippen LogP contribution in [0.5, 0.6) is 5.88 Å². The highest BCUT2D eigenvalue weighted by molar-refractivity contribution is 7.98. The number of fused-ring (bicyclic) bond motifs is 1. The van der Waals surface area contributed by atoms with Gasteiger partial charge in [-0.25, -0.2) is 0 Å². The summed E-state index contributed by atoms with van der Waals surface area (Å²) < 4.78 is 5.54. The molecule has 142 valence electrons. The van der Waals surface area contributed by atoms with Crippen LogP contribution in [0.25, 0.3) is 0 Å². The van der Waals surface area contributed by atoms with Crippen LogP contribution in [0.3, 0.4) is 0 Å². The molecule has 0 fully saturated rings. The monoisotopic (exact) mass is 428 g/mol.